The van der Waals surface area contributed by atoms with Crippen molar-refractivity contribution in [1.82, 2.24) is 0 Å². The molecule has 142 valence electrons. The van der Waals surface area contributed by atoms with Gasteiger partial charge in [-0.2, -0.15) is 0 Å². The van der Waals surface area contributed by atoms with Crippen LogP contribution in [0.1, 0.15) is 13.8 Å². The summed E-state index contributed by atoms with van der Waals surface area (Å²) in [6.07, 6.45) is -0.365. The van der Waals surface area contributed by atoms with Crippen molar-refractivity contribution in [3.63, 3.8) is 0 Å². The molecule has 0 saturated heterocycles. The molecule has 1 atom stereocenters. The number of methoxy groups -OCH3 is 1. The Morgan fingerprint density at radius 1 is 1.19 bits per heavy atom. The topological polar surface area (TPSA) is 61.3 Å². The van der Waals surface area contributed by atoms with E-state index in [1.54, 1.807) is 25.4 Å². The minimum Gasteiger partial charge on any atom is -0.497 e. The summed E-state index contributed by atoms with van der Waals surface area (Å²) < 4.78 is 8.42. The maximum absolute atomic E-state index is 9.61. The number of ether oxygens (including phenoxy) is 1. The summed E-state index contributed by atoms with van der Waals surface area (Å²) >= 11 is 1.58. The van der Waals surface area contributed by atoms with E-state index in [0.717, 1.165) is 39.0 Å². The van der Waals surface area contributed by atoms with Gasteiger partial charge in [0.25, 0.3) is 0 Å². The molecule has 1 aromatic heterocycles. The molecule has 1 unspecified atom stereocenters. The SMILES string of the molecule is CCN(CC(C)O)c1ccc(N=Nc2sc3cc(OC)ccc3[n+]2C)cc1. The molecule has 0 radical (unpaired) electrons. The number of likely N-dealkylation sites (N-methyl/N-ethyl adjacent to an activating group) is 1. The summed E-state index contributed by atoms with van der Waals surface area (Å²) in [6, 6.07) is 13.9. The Morgan fingerprint density at radius 3 is 2.56 bits per heavy atom. The average Bonchev–Trinajstić information content (AvgIpc) is 2.99. The normalized spacial score (nSPS) is 12.6. The molecule has 3 aromatic rings. The fourth-order valence-corrected chi connectivity index (χ4v) is 3.90. The Hall–Kier alpha value is -2.51. The Balaban J connectivity index is 1.80. The molecule has 27 heavy (non-hydrogen) atoms. The predicted octanol–water partition coefficient (Wildman–Crippen LogP) is 4.36. The predicted molar refractivity (Wildman–Crippen MR) is 110 cm³/mol. The number of aryl methyl sites for hydroxylation is 1. The molecule has 0 bridgehead atoms. The van der Waals surface area contributed by atoms with E-state index in [4.69, 9.17) is 4.74 Å². The average molecular weight is 386 g/mol. The molecule has 0 fully saturated rings. The highest BCUT2D eigenvalue weighted by molar-refractivity contribution is 7.21. The molecule has 0 saturated carbocycles. The van der Waals surface area contributed by atoms with Crippen LogP contribution < -0.4 is 14.2 Å². The van der Waals surface area contributed by atoms with Gasteiger partial charge in [0.2, 0.25) is 0 Å². The largest absolute Gasteiger partial charge is 0.497 e. The molecule has 0 aliphatic carbocycles. The van der Waals surface area contributed by atoms with Gasteiger partial charge in [-0.3, -0.25) is 0 Å². The lowest BCUT2D eigenvalue weighted by Gasteiger charge is -2.24. The molecule has 6 nitrogen and oxygen atoms in total. The highest BCUT2D eigenvalue weighted by Gasteiger charge is 2.16. The van der Waals surface area contributed by atoms with E-state index in [-0.39, 0.29) is 6.10 Å². The number of rotatable bonds is 7. The van der Waals surface area contributed by atoms with Crippen LogP contribution in [0.5, 0.6) is 5.75 Å². The number of fused-ring (bicyclic) bond motifs is 1. The van der Waals surface area contributed by atoms with E-state index < -0.39 is 0 Å². The van der Waals surface area contributed by atoms with Crippen molar-refractivity contribution in [2.24, 2.45) is 17.3 Å². The van der Waals surface area contributed by atoms with Crippen LogP contribution in [0.15, 0.2) is 52.7 Å². The second kappa shape index (κ2) is 8.45. The Morgan fingerprint density at radius 2 is 1.93 bits per heavy atom. The maximum Gasteiger partial charge on any atom is 0.409 e. The Labute approximate surface area is 163 Å². The first-order valence-electron chi connectivity index (χ1n) is 8.93. The number of azo groups is 1. The fourth-order valence-electron chi connectivity index (χ4n) is 2.90. The van der Waals surface area contributed by atoms with E-state index in [0.29, 0.717) is 6.54 Å². The highest BCUT2D eigenvalue weighted by atomic mass is 32.1. The van der Waals surface area contributed by atoms with Gasteiger partial charge in [0.05, 0.1) is 30.1 Å². The first-order valence-corrected chi connectivity index (χ1v) is 9.75. The molecular formula is C20H25N4O2S+. The van der Waals surface area contributed by atoms with Crippen LogP contribution in [-0.2, 0) is 7.05 Å². The zero-order valence-corrected chi connectivity index (χ0v) is 16.9. The number of hydrogen-bond donors (Lipinski definition) is 1. The van der Waals surface area contributed by atoms with Gasteiger partial charge in [0, 0.05) is 24.8 Å². The molecular weight excluding hydrogens is 360 g/mol. The molecule has 0 aliphatic rings. The number of aromatic nitrogens is 1. The number of hydrogen-bond acceptors (Lipinski definition) is 6. The van der Waals surface area contributed by atoms with Gasteiger partial charge in [0.15, 0.2) is 0 Å². The summed E-state index contributed by atoms with van der Waals surface area (Å²) in [7, 11) is 3.65. The van der Waals surface area contributed by atoms with Crippen molar-refractivity contribution in [2.75, 3.05) is 25.1 Å². The maximum atomic E-state index is 9.61. The number of benzene rings is 2. The van der Waals surface area contributed by atoms with Gasteiger partial charge in [0.1, 0.15) is 17.0 Å². The number of anilines is 1. The molecule has 0 amide bonds. The first-order chi connectivity index (χ1) is 13.0. The number of nitrogens with zero attached hydrogens (tertiary/aromatic N) is 4. The van der Waals surface area contributed by atoms with Crippen LogP contribution in [0.3, 0.4) is 0 Å². The van der Waals surface area contributed by atoms with Crippen molar-refractivity contribution in [3.8, 4) is 5.75 Å². The minimum absolute atomic E-state index is 0.365. The van der Waals surface area contributed by atoms with E-state index >= 15 is 0 Å². The molecule has 0 spiro atoms. The van der Waals surface area contributed by atoms with Gasteiger partial charge >= 0.3 is 5.13 Å². The van der Waals surface area contributed by atoms with Crippen molar-refractivity contribution < 1.29 is 14.4 Å². The van der Waals surface area contributed by atoms with Crippen molar-refractivity contribution in [2.45, 2.75) is 20.0 Å². The summed E-state index contributed by atoms with van der Waals surface area (Å²) in [5.74, 6) is 0.834. The lowest BCUT2D eigenvalue weighted by Crippen LogP contribution is -2.30. The van der Waals surface area contributed by atoms with Gasteiger partial charge < -0.3 is 14.7 Å². The lowest BCUT2D eigenvalue weighted by atomic mass is 10.2. The standard InChI is InChI=1S/C20H25N4O2S/c1-5-24(13-14(2)25)16-8-6-15(7-9-16)21-22-20-23(3)18-11-10-17(26-4)12-19(18)27-20/h6-12,14,25H,5,13H2,1-4H3/q+1. The third kappa shape index (κ3) is 4.43. The van der Waals surface area contributed by atoms with Crippen LogP contribution in [0.25, 0.3) is 10.2 Å². The third-order valence-electron chi connectivity index (χ3n) is 4.35. The zero-order chi connectivity index (χ0) is 19.4. The second-order valence-electron chi connectivity index (χ2n) is 6.38. The van der Waals surface area contributed by atoms with Crippen molar-refractivity contribution >= 4 is 38.1 Å². The minimum atomic E-state index is -0.365. The molecule has 0 aliphatic heterocycles. The first kappa shape index (κ1) is 19.3. The second-order valence-corrected chi connectivity index (χ2v) is 7.39. The third-order valence-corrected chi connectivity index (χ3v) is 5.43. The van der Waals surface area contributed by atoms with Crippen LogP contribution in [0, 0.1) is 0 Å². The number of aliphatic hydroxyl groups is 1. The molecule has 1 N–H and O–H groups in total. The number of aliphatic hydroxyl groups excluding tert-OH is 1. The van der Waals surface area contributed by atoms with E-state index in [2.05, 4.69) is 22.1 Å². The van der Waals surface area contributed by atoms with Crippen molar-refractivity contribution in [3.05, 3.63) is 42.5 Å². The van der Waals surface area contributed by atoms with Crippen LogP contribution in [0.4, 0.5) is 16.5 Å². The number of thiazole rings is 1. The monoisotopic (exact) mass is 385 g/mol. The van der Waals surface area contributed by atoms with Crippen LogP contribution in [0.2, 0.25) is 0 Å². The lowest BCUT2D eigenvalue weighted by molar-refractivity contribution is -0.627. The fraction of sp³-hybridized carbons (Fsp3) is 0.350. The van der Waals surface area contributed by atoms with Gasteiger partial charge in [-0.1, -0.05) is 0 Å². The Bertz CT molecular complexity index is 935. The van der Waals surface area contributed by atoms with E-state index in [1.165, 1.54) is 0 Å². The summed E-state index contributed by atoms with van der Waals surface area (Å²) in [5.41, 5.74) is 2.96. The summed E-state index contributed by atoms with van der Waals surface area (Å²) in [5, 5.41) is 19.2. The Kier molecular flexibility index (Phi) is 6.03. The van der Waals surface area contributed by atoms with Gasteiger partial charge in [-0.25, -0.2) is 4.57 Å². The molecule has 1 heterocycles. The van der Waals surface area contributed by atoms with Crippen molar-refractivity contribution in [1.29, 1.82) is 0 Å². The molecule has 2 aromatic carbocycles. The quantitative estimate of drug-likeness (QED) is 0.486. The summed E-state index contributed by atoms with van der Waals surface area (Å²) in [4.78, 5) is 2.13. The zero-order valence-electron chi connectivity index (χ0n) is 16.1. The van der Waals surface area contributed by atoms with Crippen LogP contribution in [-0.4, -0.2) is 31.4 Å². The summed E-state index contributed by atoms with van der Waals surface area (Å²) in [6.45, 7) is 5.32. The molecule has 3 rings (SSSR count). The van der Waals surface area contributed by atoms with E-state index in [9.17, 15) is 5.11 Å². The van der Waals surface area contributed by atoms with Gasteiger partial charge in [-0.05, 0) is 66.7 Å². The van der Waals surface area contributed by atoms with Crippen LogP contribution >= 0.6 is 11.3 Å². The van der Waals surface area contributed by atoms with Gasteiger partial charge in [-0.15, -0.1) is 0 Å². The smallest absolute Gasteiger partial charge is 0.409 e. The highest BCUT2D eigenvalue weighted by Crippen LogP contribution is 2.30. The molecule has 7 heteroatoms. The van der Waals surface area contributed by atoms with E-state index in [1.807, 2.05) is 54.1 Å².